The highest BCUT2D eigenvalue weighted by atomic mass is 32.2. The number of imidazole rings is 1. The van der Waals surface area contributed by atoms with Crippen molar-refractivity contribution in [3.63, 3.8) is 0 Å². The number of ether oxygens (including phenoxy) is 3. The van der Waals surface area contributed by atoms with E-state index in [0.717, 1.165) is 5.56 Å². The summed E-state index contributed by atoms with van der Waals surface area (Å²) in [5.74, 6) is 0.577. The minimum Gasteiger partial charge on any atom is -0.494 e. The fourth-order valence-electron chi connectivity index (χ4n) is 4.51. The number of sulfonamides is 1. The molecular formula is C28H30F3N3O5S. The molecule has 0 amide bonds. The average molecular weight is 578 g/mol. The first-order valence-electron chi connectivity index (χ1n) is 12.4. The molecule has 2 N–H and O–H groups in total. The third kappa shape index (κ3) is 5.93. The van der Waals surface area contributed by atoms with Crippen molar-refractivity contribution in [2.24, 2.45) is 5.14 Å². The van der Waals surface area contributed by atoms with E-state index in [1.807, 2.05) is 38.1 Å². The minimum absolute atomic E-state index is 0.148. The number of halogens is 3. The first-order chi connectivity index (χ1) is 18.9. The Hall–Kier alpha value is -3.61. The summed E-state index contributed by atoms with van der Waals surface area (Å²) >= 11 is 0. The van der Waals surface area contributed by atoms with Crippen molar-refractivity contribution < 1.29 is 35.8 Å². The number of rotatable bonds is 10. The number of para-hydroxylation sites is 1. The van der Waals surface area contributed by atoms with Crippen LogP contribution in [0.25, 0.3) is 22.4 Å². The van der Waals surface area contributed by atoms with E-state index >= 15 is 0 Å². The predicted octanol–water partition coefficient (Wildman–Crippen LogP) is 5.73. The van der Waals surface area contributed by atoms with Gasteiger partial charge in [-0.15, -0.1) is 0 Å². The lowest BCUT2D eigenvalue weighted by atomic mass is 10.0. The molecule has 3 aromatic carbocycles. The van der Waals surface area contributed by atoms with E-state index in [2.05, 4.69) is 4.98 Å². The van der Waals surface area contributed by atoms with Gasteiger partial charge in [0.05, 0.1) is 19.3 Å². The highest BCUT2D eigenvalue weighted by Gasteiger charge is 2.39. The molecule has 4 aromatic rings. The zero-order chi connectivity index (χ0) is 29.2. The molecule has 214 valence electrons. The van der Waals surface area contributed by atoms with Crippen LogP contribution in [0.4, 0.5) is 13.2 Å². The lowest BCUT2D eigenvalue weighted by Gasteiger charge is -2.18. The fraction of sp³-hybridized carbons (Fsp3) is 0.321. The normalized spacial score (nSPS) is 12.3. The van der Waals surface area contributed by atoms with Crippen LogP contribution in [0.1, 0.15) is 36.5 Å². The van der Waals surface area contributed by atoms with Gasteiger partial charge >= 0.3 is 6.18 Å². The van der Waals surface area contributed by atoms with Crippen molar-refractivity contribution in [1.82, 2.24) is 9.55 Å². The molecule has 8 nitrogen and oxygen atoms in total. The third-order valence-electron chi connectivity index (χ3n) is 6.46. The molecule has 0 unspecified atom stereocenters. The van der Waals surface area contributed by atoms with E-state index in [1.54, 1.807) is 4.57 Å². The summed E-state index contributed by atoms with van der Waals surface area (Å²) < 4.78 is 85.9. The number of hydrogen-bond acceptors (Lipinski definition) is 6. The Morgan fingerprint density at radius 1 is 1.02 bits per heavy atom. The third-order valence-corrected chi connectivity index (χ3v) is 7.41. The quantitative estimate of drug-likeness (QED) is 0.258. The molecule has 0 bridgehead atoms. The molecule has 0 spiro atoms. The molecule has 4 rings (SSSR count). The van der Waals surface area contributed by atoms with Gasteiger partial charge in [0.1, 0.15) is 39.9 Å². The molecule has 0 atom stereocenters. The van der Waals surface area contributed by atoms with Crippen LogP contribution in [0.3, 0.4) is 0 Å². The van der Waals surface area contributed by atoms with Gasteiger partial charge < -0.3 is 18.8 Å². The first kappa shape index (κ1) is 29.4. The van der Waals surface area contributed by atoms with E-state index in [9.17, 15) is 21.6 Å². The molecule has 0 saturated heterocycles. The fourth-order valence-corrected chi connectivity index (χ4v) is 5.19. The van der Waals surface area contributed by atoms with Crippen LogP contribution in [-0.4, -0.2) is 38.8 Å². The lowest BCUT2D eigenvalue weighted by molar-refractivity contribution is -0.137. The Labute approximate surface area is 230 Å². The Kier molecular flexibility index (Phi) is 8.43. The largest absolute Gasteiger partial charge is 0.494 e. The van der Waals surface area contributed by atoms with Crippen molar-refractivity contribution in [3.05, 3.63) is 71.3 Å². The summed E-state index contributed by atoms with van der Waals surface area (Å²) in [4.78, 5) is 4.15. The first-order valence-corrected chi connectivity index (χ1v) is 13.9. The molecule has 0 aliphatic heterocycles. The Morgan fingerprint density at radius 3 is 2.27 bits per heavy atom. The number of methoxy groups -OCH3 is 2. The second kappa shape index (κ2) is 11.5. The second-order valence-electron chi connectivity index (χ2n) is 9.44. The summed E-state index contributed by atoms with van der Waals surface area (Å²) in [5, 5.41) is 5.26. The molecule has 0 saturated carbocycles. The highest BCUT2D eigenvalue weighted by Crippen LogP contribution is 2.43. The van der Waals surface area contributed by atoms with Crippen molar-refractivity contribution in [3.8, 4) is 22.9 Å². The predicted molar refractivity (Wildman–Crippen MR) is 145 cm³/mol. The summed E-state index contributed by atoms with van der Waals surface area (Å²) in [6, 6.07) is 14.2. The molecule has 1 heterocycles. The van der Waals surface area contributed by atoms with Crippen LogP contribution in [0.15, 0.2) is 59.5 Å². The molecule has 0 aliphatic carbocycles. The molecule has 40 heavy (non-hydrogen) atoms. The van der Waals surface area contributed by atoms with Crippen LogP contribution < -0.4 is 14.6 Å². The second-order valence-corrected chi connectivity index (χ2v) is 11.0. The molecule has 0 radical (unpaired) electrons. The van der Waals surface area contributed by atoms with E-state index in [0.29, 0.717) is 11.4 Å². The number of nitrogens with two attached hydrogens (primary N) is 1. The number of hydrogen-bond donors (Lipinski definition) is 1. The van der Waals surface area contributed by atoms with Gasteiger partial charge in [-0.3, -0.25) is 0 Å². The maximum Gasteiger partial charge on any atom is 0.418 e. The number of primary sulfonamides is 1. The summed E-state index contributed by atoms with van der Waals surface area (Å²) in [6.45, 7) is 3.93. The number of fused-ring (bicyclic) bond motifs is 1. The zero-order valence-electron chi connectivity index (χ0n) is 22.4. The van der Waals surface area contributed by atoms with E-state index in [-0.39, 0.29) is 52.1 Å². The SMILES string of the molecule is COCCn1c(-c2ccc(C(C)C)cc2)nc2c(C(F)(F)F)c(COc3ccccc3S(N)(=O)=O)cc(OC)c21. The standard InChI is InChI=1S/C28H30F3N3O5S/c1-17(2)18-9-11-19(12-10-18)27-33-25-24(28(29,30)31)20(15-22(38-4)26(25)34(27)13-14-37-3)16-39-21-7-5-6-8-23(21)40(32,35)36/h5-12,15,17H,13-14,16H2,1-4H3,(H2,32,35,36). The molecule has 12 heteroatoms. The van der Waals surface area contributed by atoms with E-state index in [4.69, 9.17) is 19.3 Å². The topological polar surface area (TPSA) is 106 Å². The maximum atomic E-state index is 14.7. The monoisotopic (exact) mass is 577 g/mol. The van der Waals surface area contributed by atoms with Gasteiger partial charge in [0.15, 0.2) is 0 Å². The Balaban J connectivity index is 1.93. The van der Waals surface area contributed by atoms with E-state index in [1.165, 1.54) is 44.6 Å². The Bertz CT molecular complexity index is 1620. The van der Waals surface area contributed by atoms with Gasteiger partial charge in [0.25, 0.3) is 0 Å². The number of nitrogens with zero attached hydrogens (tertiary/aromatic N) is 2. The maximum absolute atomic E-state index is 14.7. The van der Waals surface area contributed by atoms with Crippen molar-refractivity contribution in [2.45, 2.75) is 44.0 Å². The van der Waals surface area contributed by atoms with Crippen LogP contribution in [0.2, 0.25) is 0 Å². The molecule has 1 aromatic heterocycles. The van der Waals surface area contributed by atoms with Crippen LogP contribution in [-0.2, 0) is 34.1 Å². The van der Waals surface area contributed by atoms with Crippen LogP contribution in [0.5, 0.6) is 11.5 Å². The van der Waals surface area contributed by atoms with Gasteiger partial charge in [0.2, 0.25) is 10.0 Å². The van der Waals surface area contributed by atoms with Crippen molar-refractivity contribution >= 4 is 21.1 Å². The highest BCUT2D eigenvalue weighted by molar-refractivity contribution is 7.89. The number of benzene rings is 3. The Morgan fingerprint density at radius 2 is 1.70 bits per heavy atom. The van der Waals surface area contributed by atoms with Crippen LogP contribution >= 0.6 is 0 Å². The van der Waals surface area contributed by atoms with Crippen LogP contribution in [0, 0.1) is 0 Å². The molecular weight excluding hydrogens is 547 g/mol. The van der Waals surface area contributed by atoms with E-state index < -0.39 is 28.4 Å². The van der Waals surface area contributed by atoms with Crippen molar-refractivity contribution in [1.29, 1.82) is 0 Å². The molecule has 0 aliphatic rings. The molecule has 0 fully saturated rings. The average Bonchev–Trinajstić information content (AvgIpc) is 3.27. The smallest absolute Gasteiger partial charge is 0.418 e. The van der Waals surface area contributed by atoms with Crippen molar-refractivity contribution in [2.75, 3.05) is 20.8 Å². The minimum atomic E-state index is -4.82. The summed E-state index contributed by atoms with van der Waals surface area (Å²) in [6.07, 6.45) is -4.82. The van der Waals surface area contributed by atoms with Gasteiger partial charge in [0, 0.05) is 24.8 Å². The summed E-state index contributed by atoms with van der Waals surface area (Å²) in [5.41, 5.74) is 0.266. The van der Waals surface area contributed by atoms with Gasteiger partial charge in [-0.2, -0.15) is 13.2 Å². The number of aromatic nitrogens is 2. The zero-order valence-corrected chi connectivity index (χ0v) is 23.3. The van der Waals surface area contributed by atoms with Gasteiger partial charge in [-0.25, -0.2) is 18.5 Å². The van der Waals surface area contributed by atoms with Gasteiger partial charge in [-0.1, -0.05) is 50.2 Å². The summed E-state index contributed by atoms with van der Waals surface area (Å²) in [7, 11) is -1.32. The lowest BCUT2D eigenvalue weighted by Crippen LogP contribution is -2.15. The number of alkyl halides is 3. The van der Waals surface area contributed by atoms with Gasteiger partial charge in [-0.05, 0) is 29.7 Å².